The van der Waals surface area contributed by atoms with Crippen molar-refractivity contribution in [3.05, 3.63) is 57.6 Å². The molecule has 0 bridgehead atoms. The van der Waals surface area contributed by atoms with Gasteiger partial charge >= 0.3 is 5.97 Å². The Balaban J connectivity index is 1.54. The van der Waals surface area contributed by atoms with E-state index in [9.17, 15) is 4.79 Å². The van der Waals surface area contributed by atoms with Gasteiger partial charge in [-0.3, -0.25) is 4.79 Å². The summed E-state index contributed by atoms with van der Waals surface area (Å²) in [5.74, 6) is 0.633. The summed E-state index contributed by atoms with van der Waals surface area (Å²) in [5, 5.41) is 8.98. The van der Waals surface area contributed by atoms with E-state index in [0.717, 1.165) is 34.4 Å². The maximum atomic E-state index is 10.9. The number of carboxylic acid groups (broad SMARTS) is 1. The monoisotopic (exact) mass is 388 g/mol. The van der Waals surface area contributed by atoms with Gasteiger partial charge in [-0.1, -0.05) is 28.1 Å². The summed E-state index contributed by atoms with van der Waals surface area (Å²) in [6, 6.07) is 12.1. The first-order chi connectivity index (χ1) is 11.6. The van der Waals surface area contributed by atoms with Gasteiger partial charge in [0.05, 0.1) is 13.0 Å². The molecule has 1 N–H and O–H groups in total. The van der Waals surface area contributed by atoms with Gasteiger partial charge in [0.2, 0.25) is 0 Å². The predicted molar refractivity (Wildman–Crippen MR) is 92.8 cm³/mol. The summed E-state index contributed by atoms with van der Waals surface area (Å²) in [6.07, 6.45) is 2.13. The van der Waals surface area contributed by atoms with Crippen LogP contribution in [-0.4, -0.2) is 17.7 Å². The van der Waals surface area contributed by atoms with Crippen LogP contribution in [0.1, 0.15) is 41.6 Å². The number of aliphatic carboxylic acids is 1. The molecule has 1 aliphatic carbocycles. The molecule has 0 aromatic heterocycles. The lowest BCUT2D eigenvalue weighted by Crippen LogP contribution is -2.07. The number of benzene rings is 2. The Hall–Kier alpha value is -2.01. The lowest BCUT2D eigenvalue weighted by Gasteiger charge is -2.16. The predicted octanol–water partition coefficient (Wildman–Crippen LogP) is 4.47. The third-order valence-corrected chi connectivity index (χ3v) is 5.19. The summed E-state index contributed by atoms with van der Waals surface area (Å²) in [7, 11) is 0. The highest BCUT2D eigenvalue weighted by Crippen LogP contribution is 2.41. The number of fused-ring (bicyclic) bond motifs is 2. The number of carbonyl (C=O) groups is 1. The van der Waals surface area contributed by atoms with Crippen molar-refractivity contribution in [1.82, 2.24) is 0 Å². The van der Waals surface area contributed by atoms with Gasteiger partial charge in [-0.15, -0.1) is 0 Å². The highest BCUT2D eigenvalue weighted by Gasteiger charge is 2.28. The molecule has 2 atom stereocenters. The summed E-state index contributed by atoms with van der Waals surface area (Å²) >= 11 is 3.52. The van der Waals surface area contributed by atoms with Crippen molar-refractivity contribution in [2.45, 2.75) is 31.3 Å². The Morgan fingerprint density at radius 1 is 1.25 bits per heavy atom. The molecule has 124 valence electrons. The van der Waals surface area contributed by atoms with Crippen LogP contribution in [0.25, 0.3) is 0 Å². The van der Waals surface area contributed by atoms with Crippen LogP contribution in [0.15, 0.2) is 40.9 Å². The maximum Gasteiger partial charge on any atom is 0.304 e. The van der Waals surface area contributed by atoms with Gasteiger partial charge in [0.15, 0.2) is 0 Å². The van der Waals surface area contributed by atoms with Gasteiger partial charge in [-0.25, -0.2) is 0 Å². The zero-order valence-corrected chi connectivity index (χ0v) is 14.6. The number of ether oxygens (including phenoxy) is 2. The van der Waals surface area contributed by atoms with Crippen LogP contribution in [0.5, 0.6) is 11.5 Å². The number of rotatable bonds is 4. The van der Waals surface area contributed by atoms with Gasteiger partial charge in [-0.05, 0) is 42.2 Å². The molecule has 24 heavy (non-hydrogen) atoms. The Morgan fingerprint density at radius 2 is 2.12 bits per heavy atom. The zero-order valence-electron chi connectivity index (χ0n) is 13.0. The van der Waals surface area contributed by atoms with Gasteiger partial charge in [-0.2, -0.15) is 0 Å². The van der Waals surface area contributed by atoms with Crippen molar-refractivity contribution < 1.29 is 19.4 Å². The molecular formula is C19H17BrO4. The summed E-state index contributed by atoms with van der Waals surface area (Å²) in [4.78, 5) is 10.9. The van der Waals surface area contributed by atoms with Crippen molar-refractivity contribution >= 4 is 21.9 Å². The number of hydrogen-bond donors (Lipinski definition) is 1. The average Bonchev–Trinajstić information content (AvgIpc) is 3.11. The van der Waals surface area contributed by atoms with E-state index in [-0.39, 0.29) is 18.4 Å². The Kier molecular flexibility index (Phi) is 3.96. The van der Waals surface area contributed by atoms with Crippen LogP contribution in [0.2, 0.25) is 0 Å². The third-order valence-electron chi connectivity index (χ3n) is 4.69. The van der Waals surface area contributed by atoms with Crippen LogP contribution in [0.4, 0.5) is 0 Å². The molecule has 1 heterocycles. The fraction of sp³-hybridized carbons (Fsp3) is 0.316. The number of halogens is 1. The van der Waals surface area contributed by atoms with Crippen LogP contribution >= 0.6 is 15.9 Å². The van der Waals surface area contributed by atoms with E-state index in [4.69, 9.17) is 14.6 Å². The Morgan fingerprint density at radius 3 is 2.96 bits per heavy atom. The molecule has 0 saturated carbocycles. The second-order valence-electron chi connectivity index (χ2n) is 6.29. The Bertz CT molecular complexity index is 802. The quantitative estimate of drug-likeness (QED) is 0.839. The minimum atomic E-state index is -0.801. The van der Waals surface area contributed by atoms with Crippen molar-refractivity contribution in [1.29, 1.82) is 0 Å². The fourth-order valence-corrected chi connectivity index (χ4v) is 3.91. The molecule has 1 aliphatic heterocycles. The maximum absolute atomic E-state index is 10.9. The highest BCUT2D eigenvalue weighted by atomic mass is 79.9. The summed E-state index contributed by atoms with van der Waals surface area (Å²) in [6.45, 7) is 0.421. The SMILES string of the molecule is O=C(O)CC1COc2cc(OC3CCc4ccc(Br)cc43)ccc21. The highest BCUT2D eigenvalue weighted by molar-refractivity contribution is 9.10. The molecule has 0 fully saturated rings. The number of aryl methyl sites for hydroxylation is 1. The van der Waals surface area contributed by atoms with Crippen molar-refractivity contribution in [3.8, 4) is 11.5 Å². The van der Waals surface area contributed by atoms with Crippen molar-refractivity contribution in [2.24, 2.45) is 0 Å². The molecule has 0 amide bonds. The third kappa shape index (κ3) is 2.88. The second kappa shape index (κ2) is 6.13. The average molecular weight is 389 g/mol. The van der Waals surface area contributed by atoms with E-state index in [1.807, 2.05) is 18.2 Å². The van der Waals surface area contributed by atoms with Gasteiger partial charge in [0, 0.05) is 22.0 Å². The summed E-state index contributed by atoms with van der Waals surface area (Å²) < 4.78 is 12.9. The largest absolute Gasteiger partial charge is 0.492 e. The van der Waals surface area contributed by atoms with E-state index in [2.05, 4.69) is 34.1 Å². The molecule has 5 heteroatoms. The molecule has 0 radical (unpaired) electrons. The lowest BCUT2D eigenvalue weighted by molar-refractivity contribution is -0.137. The fourth-order valence-electron chi connectivity index (χ4n) is 3.53. The molecule has 2 aliphatic rings. The first kappa shape index (κ1) is 15.5. The lowest BCUT2D eigenvalue weighted by atomic mass is 9.98. The van der Waals surface area contributed by atoms with Gasteiger partial charge < -0.3 is 14.6 Å². The smallest absolute Gasteiger partial charge is 0.304 e. The molecular weight excluding hydrogens is 372 g/mol. The zero-order chi connectivity index (χ0) is 16.7. The van der Waals surface area contributed by atoms with E-state index >= 15 is 0 Å². The van der Waals surface area contributed by atoms with E-state index in [0.29, 0.717) is 6.61 Å². The van der Waals surface area contributed by atoms with Crippen LogP contribution < -0.4 is 9.47 Å². The standard InChI is InChI=1S/C19H17BrO4/c20-13-3-1-11-2-6-17(16(11)8-13)24-14-4-5-15-12(7-19(21)22)10-23-18(15)9-14/h1,3-5,8-9,12,17H,2,6-7,10H2,(H,21,22). The molecule has 2 unspecified atom stereocenters. The van der Waals surface area contributed by atoms with Crippen LogP contribution in [0, 0.1) is 0 Å². The van der Waals surface area contributed by atoms with E-state index in [1.165, 1.54) is 11.1 Å². The molecule has 4 nitrogen and oxygen atoms in total. The van der Waals surface area contributed by atoms with Crippen molar-refractivity contribution in [3.63, 3.8) is 0 Å². The van der Waals surface area contributed by atoms with Crippen LogP contribution in [0.3, 0.4) is 0 Å². The van der Waals surface area contributed by atoms with Crippen LogP contribution in [-0.2, 0) is 11.2 Å². The second-order valence-corrected chi connectivity index (χ2v) is 7.21. The van der Waals surface area contributed by atoms with Crippen molar-refractivity contribution in [2.75, 3.05) is 6.61 Å². The normalized spacial score (nSPS) is 21.0. The minimum absolute atomic E-state index is 0.0479. The van der Waals surface area contributed by atoms with E-state index in [1.54, 1.807) is 0 Å². The first-order valence-electron chi connectivity index (χ1n) is 8.03. The molecule has 2 aromatic carbocycles. The van der Waals surface area contributed by atoms with E-state index < -0.39 is 5.97 Å². The molecule has 0 spiro atoms. The minimum Gasteiger partial charge on any atom is -0.492 e. The number of carboxylic acids is 1. The molecule has 4 rings (SSSR count). The molecule has 0 saturated heterocycles. The topological polar surface area (TPSA) is 55.8 Å². The van der Waals surface area contributed by atoms with Gasteiger partial charge in [0.1, 0.15) is 17.6 Å². The number of hydrogen-bond acceptors (Lipinski definition) is 3. The molecule has 2 aromatic rings. The summed E-state index contributed by atoms with van der Waals surface area (Å²) in [5.41, 5.74) is 3.52. The first-order valence-corrected chi connectivity index (χ1v) is 8.83. The van der Waals surface area contributed by atoms with Gasteiger partial charge in [0.25, 0.3) is 0 Å². The Labute approximate surface area is 148 Å².